The van der Waals surface area contributed by atoms with Crippen molar-refractivity contribution >= 4 is 0 Å². The predicted octanol–water partition coefficient (Wildman–Crippen LogP) is 3.47. The molecule has 0 unspecified atom stereocenters. The number of aromatic nitrogens is 1. The van der Waals surface area contributed by atoms with Crippen LogP contribution in [-0.4, -0.2) is 4.98 Å². The summed E-state index contributed by atoms with van der Waals surface area (Å²) < 4.78 is 13.7. The van der Waals surface area contributed by atoms with Gasteiger partial charge in [0.1, 0.15) is 5.82 Å². The number of pyridine rings is 1. The van der Waals surface area contributed by atoms with Crippen LogP contribution in [0.4, 0.5) is 4.39 Å². The van der Waals surface area contributed by atoms with Gasteiger partial charge in [-0.3, -0.25) is 4.98 Å². The van der Waals surface area contributed by atoms with E-state index in [9.17, 15) is 4.39 Å². The second-order valence-corrected chi connectivity index (χ2v) is 3.83. The van der Waals surface area contributed by atoms with Crippen molar-refractivity contribution in [1.82, 2.24) is 4.98 Å². The molecule has 0 aliphatic carbocycles. The number of aryl methyl sites for hydroxylation is 2. The average molecular weight is 195 g/mol. The Morgan fingerprint density at radius 3 is 2.36 bits per heavy atom. The third-order valence-electron chi connectivity index (χ3n) is 2.43. The van der Waals surface area contributed by atoms with Gasteiger partial charge in [-0.15, -0.1) is 0 Å². The van der Waals surface area contributed by atoms with E-state index >= 15 is 0 Å². The van der Waals surface area contributed by atoms with Crippen LogP contribution in [0.2, 0.25) is 0 Å². The van der Waals surface area contributed by atoms with Crippen LogP contribution in [0.15, 0.2) is 6.07 Å². The highest BCUT2D eigenvalue weighted by atomic mass is 19.1. The first-order valence-electron chi connectivity index (χ1n) is 5.28. The lowest BCUT2D eigenvalue weighted by Gasteiger charge is -2.10. The van der Waals surface area contributed by atoms with Gasteiger partial charge in [-0.25, -0.2) is 4.39 Å². The molecular weight excluding hydrogens is 177 g/mol. The summed E-state index contributed by atoms with van der Waals surface area (Å²) in [5.74, 6) is 0.255. The molecule has 1 heterocycles. The van der Waals surface area contributed by atoms with E-state index in [0.717, 1.165) is 17.7 Å². The van der Waals surface area contributed by atoms with Crippen molar-refractivity contribution in [2.45, 2.75) is 46.5 Å². The highest BCUT2D eigenvalue weighted by Crippen LogP contribution is 2.19. The molecule has 0 radical (unpaired) electrons. The minimum Gasteiger partial charge on any atom is -0.255 e. The standard InChI is InChI=1S/C12H18FN/c1-5-9-7-11(8(3)4)14-10(6-2)12(9)13/h7-8H,5-6H2,1-4H3. The van der Waals surface area contributed by atoms with Crippen LogP contribution in [0.25, 0.3) is 0 Å². The van der Waals surface area contributed by atoms with Crippen molar-refractivity contribution in [2.75, 3.05) is 0 Å². The Balaban J connectivity index is 3.25. The number of halogens is 1. The van der Waals surface area contributed by atoms with E-state index in [1.54, 1.807) is 0 Å². The van der Waals surface area contributed by atoms with Crippen LogP contribution in [0.1, 0.15) is 50.6 Å². The van der Waals surface area contributed by atoms with Crippen LogP contribution >= 0.6 is 0 Å². The van der Waals surface area contributed by atoms with Crippen LogP contribution in [0, 0.1) is 5.82 Å². The minimum absolute atomic E-state index is 0.112. The van der Waals surface area contributed by atoms with Crippen molar-refractivity contribution in [3.05, 3.63) is 28.8 Å². The Labute approximate surface area is 85.4 Å². The lowest BCUT2D eigenvalue weighted by atomic mass is 10.0. The summed E-state index contributed by atoms with van der Waals surface area (Å²) in [6.07, 6.45) is 1.40. The maximum Gasteiger partial charge on any atom is 0.147 e. The summed E-state index contributed by atoms with van der Waals surface area (Å²) in [4.78, 5) is 4.32. The Kier molecular flexibility index (Phi) is 3.62. The van der Waals surface area contributed by atoms with Crippen molar-refractivity contribution < 1.29 is 4.39 Å². The third-order valence-corrected chi connectivity index (χ3v) is 2.43. The summed E-state index contributed by atoms with van der Waals surface area (Å²) >= 11 is 0. The van der Waals surface area contributed by atoms with E-state index in [-0.39, 0.29) is 5.82 Å². The van der Waals surface area contributed by atoms with Crippen LogP contribution in [0.3, 0.4) is 0 Å². The molecule has 0 bridgehead atoms. The zero-order chi connectivity index (χ0) is 10.7. The zero-order valence-corrected chi connectivity index (χ0v) is 9.39. The quantitative estimate of drug-likeness (QED) is 0.719. The van der Waals surface area contributed by atoms with Gasteiger partial charge in [0, 0.05) is 5.69 Å². The van der Waals surface area contributed by atoms with Crippen molar-refractivity contribution in [3.8, 4) is 0 Å². The molecule has 0 aliphatic heterocycles. The molecule has 0 saturated heterocycles. The fourth-order valence-corrected chi connectivity index (χ4v) is 1.45. The molecule has 2 heteroatoms. The molecule has 78 valence electrons. The summed E-state index contributed by atoms with van der Waals surface area (Å²) in [7, 11) is 0. The van der Waals surface area contributed by atoms with Gasteiger partial charge in [0.25, 0.3) is 0 Å². The number of rotatable bonds is 3. The summed E-state index contributed by atoms with van der Waals surface area (Å²) in [6.45, 7) is 8.08. The maximum atomic E-state index is 13.7. The van der Waals surface area contributed by atoms with E-state index in [1.807, 2.05) is 19.9 Å². The SMILES string of the molecule is CCc1cc(C(C)C)nc(CC)c1F. The third kappa shape index (κ3) is 2.11. The highest BCUT2D eigenvalue weighted by molar-refractivity contribution is 5.25. The van der Waals surface area contributed by atoms with Gasteiger partial charge < -0.3 is 0 Å². The molecule has 14 heavy (non-hydrogen) atoms. The Morgan fingerprint density at radius 1 is 1.29 bits per heavy atom. The second kappa shape index (κ2) is 4.54. The minimum atomic E-state index is -0.112. The van der Waals surface area contributed by atoms with Gasteiger partial charge in [-0.1, -0.05) is 27.7 Å². The second-order valence-electron chi connectivity index (χ2n) is 3.83. The molecule has 0 aromatic carbocycles. The molecule has 0 spiro atoms. The monoisotopic (exact) mass is 195 g/mol. The number of hydrogen-bond acceptors (Lipinski definition) is 1. The van der Waals surface area contributed by atoms with E-state index < -0.39 is 0 Å². The van der Waals surface area contributed by atoms with Crippen molar-refractivity contribution in [3.63, 3.8) is 0 Å². The summed E-state index contributed by atoms with van der Waals surface area (Å²) in [5, 5.41) is 0. The summed E-state index contributed by atoms with van der Waals surface area (Å²) in [5.41, 5.74) is 2.40. The molecule has 1 rings (SSSR count). The first-order chi connectivity index (χ1) is 6.60. The molecule has 0 saturated carbocycles. The normalized spacial score (nSPS) is 11.0. The maximum absolute atomic E-state index is 13.7. The first-order valence-corrected chi connectivity index (χ1v) is 5.28. The van der Waals surface area contributed by atoms with Gasteiger partial charge in [-0.05, 0) is 30.4 Å². The van der Waals surface area contributed by atoms with Gasteiger partial charge >= 0.3 is 0 Å². The number of nitrogens with zero attached hydrogens (tertiary/aromatic N) is 1. The Bertz CT molecular complexity index is 293. The van der Waals surface area contributed by atoms with E-state index in [4.69, 9.17) is 0 Å². The molecule has 1 aromatic rings. The Hall–Kier alpha value is -0.920. The lowest BCUT2D eigenvalue weighted by Crippen LogP contribution is -2.04. The molecule has 0 fully saturated rings. The van der Waals surface area contributed by atoms with Crippen molar-refractivity contribution in [1.29, 1.82) is 0 Å². The fourth-order valence-electron chi connectivity index (χ4n) is 1.45. The molecule has 0 N–H and O–H groups in total. The largest absolute Gasteiger partial charge is 0.255 e. The van der Waals surface area contributed by atoms with Gasteiger partial charge in [0.2, 0.25) is 0 Å². The average Bonchev–Trinajstić information content (AvgIpc) is 2.17. The molecule has 0 aliphatic rings. The van der Waals surface area contributed by atoms with E-state index in [2.05, 4.69) is 18.8 Å². The first kappa shape index (κ1) is 11.2. The molecule has 0 amide bonds. The molecule has 0 atom stereocenters. The lowest BCUT2D eigenvalue weighted by molar-refractivity contribution is 0.581. The predicted molar refractivity (Wildman–Crippen MR) is 57.0 cm³/mol. The van der Waals surface area contributed by atoms with E-state index in [1.165, 1.54) is 0 Å². The van der Waals surface area contributed by atoms with E-state index in [0.29, 0.717) is 18.0 Å². The van der Waals surface area contributed by atoms with Crippen LogP contribution in [0.5, 0.6) is 0 Å². The molecular formula is C12H18FN. The van der Waals surface area contributed by atoms with Gasteiger partial charge in [0.05, 0.1) is 5.69 Å². The highest BCUT2D eigenvalue weighted by Gasteiger charge is 2.11. The van der Waals surface area contributed by atoms with Crippen LogP contribution < -0.4 is 0 Å². The molecule has 1 aromatic heterocycles. The topological polar surface area (TPSA) is 12.9 Å². The van der Waals surface area contributed by atoms with Crippen molar-refractivity contribution in [2.24, 2.45) is 0 Å². The smallest absolute Gasteiger partial charge is 0.147 e. The Morgan fingerprint density at radius 2 is 1.93 bits per heavy atom. The fraction of sp³-hybridized carbons (Fsp3) is 0.583. The number of hydrogen-bond donors (Lipinski definition) is 0. The van der Waals surface area contributed by atoms with Gasteiger partial charge in [0.15, 0.2) is 0 Å². The zero-order valence-electron chi connectivity index (χ0n) is 9.39. The molecule has 1 nitrogen and oxygen atoms in total. The van der Waals surface area contributed by atoms with Crippen LogP contribution in [-0.2, 0) is 12.8 Å². The summed E-state index contributed by atoms with van der Waals surface area (Å²) in [6, 6.07) is 1.89. The van der Waals surface area contributed by atoms with Gasteiger partial charge in [-0.2, -0.15) is 0 Å².